The van der Waals surface area contributed by atoms with Crippen LogP contribution < -0.4 is 5.32 Å². The highest BCUT2D eigenvalue weighted by Crippen LogP contribution is 2.00. The molecule has 0 aliphatic carbocycles. The molecule has 0 amide bonds. The van der Waals surface area contributed by atoms with Gasteiger partial charge in [-0.2, -0.15) is 0 Å². The van der Waals surface area contributed by atoms with Crippen LogP contribution in [0.15, 0.2) is 0 Å². The molecule has 1 fully saturated rings. The third-order valence-electron chi connectivity index (χ3n) is 1.70. The topological polar surface area (TPSA) is 41.2 Å². The van der Waals surface area contributed by atoms with Crippen LogP contribution in [-0.2, 0) is 9.84 Å². The molecule has 1 atom stereocenters. The van der Waals surface area contributed by atoms with Gasteiger partial charge in [0.05, 0.1) is 19.8 Å². The molecule has 0 aromatic rings. The largest absolute Gasteiger partial charge is 0.379 e. The van der Waals surface area contributed by atoms with E-state index in [0.29, 0.717) is 6.04 Å². The van der Waals surface area contributed by atoms with E-state index in [9.17, 15) is 5.11 Å². The lowest BCUT2D eigenvalue weighted by Crippen LogP contribution is -2.41. The number of rotatable bonds is 3. The van der Waals surface area contributed by atoms with E-state index in [4.69, 9.17) is 4.74 Å². The second kappa shape index (κ2) is 4.66. The van der Waals surface area contributed by atoms with Crippen molar-refractivity contribution in [3.8, 4) is 0 Å². The first-order chi connectivity index (χ1) is 4.93. The predicted octanol–water partition coefficient (Wildman–Crippen LogP) is 0.186. The van der Waals surface area contributed by atoms with Gasteiger partial charge in [-0.25, -0.2) is 5.11 Å². The Bertz CT molecular complexity index is 81.7. The Hall–Kier alpha value is -0.120. The molecule has 1 aliphatic heterocycles. The molecule has 3 heteroatoms. The highest BCUT2D eigenvalue weighted by molar-refractivity contribution is 4.69. The van der Waals surface area contributed by atoms with Crippen molar-refractivity contribution < 1.29 is 9.84 Å². The van der Waals surface area contributed by atoms with Gasteiger partial charge < -0.3 is 10.1 Å². The van der Waals surface area contributed by atoms with E-state index in [1.165, 1.54) is 0 Å². The fraction of sp³-hybridized carbons (Fsp3) is 1.00. The SMILES string of the molecule is [O]CCCC1COCCN1. The van der Waals surface area contributed by atoms with Crippen LogP contribution in [0.3, 0.4) is 0 Å². The van der Waals surface area contributed by atoms with E-state index in [-0.39, 0.29) is 6.61 Å². The molecule has 1 unspecified atom stereocenters. The number of ether oxygens (including phenoxy) is 1. The average Bonchev–Trinajstić information content (AvgIpc) is 2.03. The molecular weight excluding hydrogens is 130 g/mol. The maximum absolute atomic E-state index is 10.1. The number of hydrogen-bond acceptors (Lipinski definition) is 2. The first-order valence-electron chi connectivity index (χ1n) is 3.82. The van der Waals surface area contributed by atoms with Gasteiger partial charge in [-0.3, -0.25) is 0 Å². The highest BCUT2D eigenvalue weighted by atomic mass is 16.5. The summed E-state index contributed by atoms with van der Waals surface area (Å²) in [5, 5.41) is 13.4. The van der Waals surface area contributed by atoms with E-state index in [1.54, 1.807) is 0 Å². The van der Waals surface area contributed by atoms with Crippen LogP contribution in [0, 0.1) is 0 Å². The van der Waals surface area contributed by atoms with Gasteiger partial charge in [-0.15, -0.1) is 0 Å². The Balaban J connectivity index is 2.02. The standard InChI is InChI=1S/C7H14NO2/c9-4-1-2-7-6-10-5-3-8-7/h7-8H,1-6H2. The molecule has 0 spiro atoms. The molecule has 0 saturated carbocycles. The summed E-state index contributed by atoms with van der Waals surface area (Å²) < 4.78 is 5.21. The Morgan fingerprint density at radius 2 is 2.50 bits per heavy atom. The van der Waals surface area contributed by atoms with Gasteiger partial charge in [0.25, 0.3) is 0 Å². The van der Waals surface area contributed by atoms with E-state index < -0.39 is 0 Å². The maximum Gasteiger partial charge on any atom is 0.0822 e. The summed E-state index contributed by atoms with van der Waals surface area (Å²) in [7, 11) is 0. The molecule has 1 N–H and O–H groups in total. The monoisotopic (exact) mass is 144 g/mol. The lowest BCUT2D eigenvalue weighted by Gasteiger charge is -2.23. The lowest BCUT2D eigenvalue weighted by molar-refractivity contribution is 0.0697. The molecule has 59 valence electrons. The van der Waals surface area contributed by atoms with Crippen LogP contribution in [0.2, 0.25) is 0 Å². The zero-order valence-corrected chi connectivity index (χ0v) is 6.14. The minimum Gasteiger partial charge on any atom is -0.379 e. The molecule has 3 nitrogen and oxygen atoms in total. The molecule has 1 heterocycles. The van der Waals surface area contributed by atoms with Crippen LogP contribution in [-0.4, -0.2) is 32.4 Å². The minimum atomic E-state index is 0.0399. The quantitative estimate of drug-likeness (QED) is 0.614. The summed E-state index contributed by atoms with van der Waals surface area (Å²) >= 11 is 0. The summed E-state index contributed by atoms with van der Waals surface area (Å²) in [4.78, 5) is 0. The van der Waals surface area contributed by atoms with E-state index in [0.717, 1.165) is 32.6 Å². The average molecular weight is 144 g/mol. The smallest absolute Gasteiger partial charge is 0.0822 e. The Kier molecular flexibility index (Phi) is 3.72. The fourth-order valence-corrected chi connectivity index (χ4v) is 1.13. The minimum absolute atomic E-state index is 0.0399. The van der Waals surface area contributed by atoms with Crippen LogP contribution in [0.1, 0.15) is 12.8 Å². The van der Waals surface area contributed by atoms with Crippen LogP contribution in [0.5, 0.6) is 0 Å². The third kappa shape index (κ3) is 2.64. The first-order valence-corrected chi connectivity index (χ1v) is 3.82. The van der Waals surface area contributed by atoms with Crippen molar-refractivity contribution in [3.05, 3.63) is 0 Å². The second-order valence-electron chi connectivity index (χ2n) is 2.57. The van der Waals surface area contributed by atoms with Crippen molar-refractivity contribution in [2.45, 2.75) is 18.9 Å². The Labute approximate surface area is 61.4 Å². The van der Waals surface area contributed by atoms with Crippen LogP contribution in [0.25, 0.3) is 0 Å². The number of hydrogen-bond donors (Lipinski definition) is 1. The van der Waals surface area contributed by atoms with E-state index >= 15 is 0 Å². The van der Waals surface area contributed by atoms with Gasteiger partial charge in [-0.1, -0.05) is 0 Å². The van der Waals surface area contributed by atoms with Crippen molar-refractivity contribution in [1.82, 2.24) is 5.32 Å². The normalized spacial score (nSPS) is 26.7. The van der Waals surface area contributed by atoms with E-state index in [1.807, 2.05) is 0 Å². The summed E-state index contributed by atoms with van der Waals surface area (Å²) in [5.41, 5.74) is 0. The summed E-state index contributed by atoms with van der Waals surface area (Å²) in [6, 6.07) is 0.433. The fourth-order valence-electron chi connectivity index (χ4n) is 1.13. The predicted molar refractivity (Wildman–Crippen MR) is 37.4 cm³/mol. The van der Waals surface area contributed by atoms with Crippen molar-refractivity contribution in [1.29, 1.82) is 0 Å². The Morgan fingerprint density at radius 1 is 1.60 bits per heavy atom. The van der Waals surface area contributed by atoms with Gasteiger partial charge in [-0.05, 0) is 12.8 Å². The molecule has 1 radical (unpaired) electrons. The highest BCUT2D eigenvalue weighted by Gasteiger charge is 2.11. The molecule has 0 bridgehead atoms. The van der Waals surface area contributed by atoms with E-state index in [2.05, 4.69) is 5.32 Å². The molecular formula is C7H14NO2. The molecule has 1 aliphatic rings. The molecule has 1 saturated heterocycles. The summed E-state index contributed by atoms with van der Waals surface area (Å²) in [6.45, 7) is 2.57. The van der Waals surface area contributed by atoms with Gasteiger partial charge in [0.2, 0.25) is 0 Å². The molecule has 10 heavy (non-hydrogen) atoms. The molecule has 0 aromatic heterocycles. The third-order valence-corrected chi connectivity index (χ3v) is 1.70. The lowest BCUT2D eigenvalue weighted by atomic mass is 10.1. The van der Waals surface area contributed by atoms with Crippen LogP contribution in [0.4, 0.5) is 0 Å². The van der Waals surface area contributed by atoms with Crippen LogP contribution >= 0.6 is 0 Å². The number of morpholine rings is 1. The van der Waals surface area contributed by atoms with Gasteiger partial charge >= 0.3 is 0 Å². The Morgan fingerprint density at radius 3 is 3.10 bits per heavy atom. The van der Waals surface area contributed by atoms with Crippen molar-refractivity contribution in [2.24, 2.45) is 0 Å². The first kappa shape index (κ1) is 7.98. The zero-order valence-electron chi connectivity index (χ0n) is 6.14. The van der Waals surface area contributed by atoms with Crippen molar-refractivity contribution >= 4 is 0 Å². The van der Waals surface area contributed by atoms with Gasteiger partial charge in [0, 0.05) is 12.6 Å². The summed E-state index contributed by atoms with van der Waals surface area (Å²) in [5.74, 6) is 0. The zero-order chi connectivity index (χ0) is 7.23. The van der Waals surface area contributed by atoms with Crippen molar-refractivity contribution in [3.63, 3.8) is 0 Å². The maximum atomic E-state index is 10.1. The molecule has 1 rings (SSSR count). The second-order valence-corrected chi connectivity index (χ2v) is 2.57. The summed E-state index contributed by atoms with van der Waals surface area (Å²) in [6.07, 6.45) is 1.73. The van der Waals surface area contributed by atoms with Gasteiger partial charge in [0.15, 0.2) is 0 Å². The number of nitrogens with one attached hydrogen (secondary N) is 1. The molecule has 0 aromatic carbocycles. The van der Waals surface area contributed by atoms with Crippen molar-refractivity contribution in [2.75, 3.05) is 26.4 Å². The van der Waals surface area contributed by atoms with Gasteiger partial charge in [0.1, 0.15) is 0 Å².